The smallest absolute Gasteiger partial charge is 0.289 e. The molecule has 1 fully saturated rings. The first-order valence-corrected chi connectivity index (χ1v) is 12.3. The van der Waals surface area contributed by atoms with E-state index in [0.29, 0.717) is 19.7 Å². The highest BCUT2D eigenvalue weighted by Crippen LogP contribution is 2.22. The van der Waals surface area contributed by atoms with Gasteiger partial charge >= 0.3 is 0 Å². The van der Waals surface area contributed by atoms with Gasteiger partial charge in [-0.25, -0.2) is 8.42 Å². The van der Waals surface area contributed by atoms with Gasteiger partial charge in [-0.2, -0.15) is 0 Å². The number of benzene rings is 1. The highest BCUT2D eigenvalue weighted by Gasteiger charge is 2.26. The number of amides is 1. The molecular formula is C22H23NO5S2. The molecule has 0 aliphatic carbocycles. The molecule has 0 spiro atoms. The molecule has 3 heterocycles. The molecule has 158 valence electrons. The van der Waals surface area contributed by atoms with E-state index in [4.69, 9.17) is 9.15 Å². The van der Waals surface area contributed by atoms with Crippen LogP contribution >= 0.6 is 11.3 Å². The summed E-state index contributed by atoms with van der Waals surface area (Å²) in [5.41, 5.74) is 0. The minimum atomic E-state index is -3.54. The maximum absolute atomic E-state index is 13.1. The third kappa shape index (κ3) is 5.00. The second kappa shape index (κ2) is 9.16. The van der Waals surface area contributed by atoms with Gasteiger partial charge < -0.3 is 14.1 Å². The molecule has 8 heteroatoms. The van der Waals surface area contributed by atoms with Crippen molar-refractivity contribution in [3.63, 3.8) is 0 Å². The standard InChI is InChI=1S/C22H23NO5S2/c24-22(23(14-17-6-4-12-27-17)15-19-7-5-13-29-19)21-11-10-18(28-21)16-30(25,26)20-8-2-1-3-9-20/h1-3,5,7-11,13,17H,4,6,12,14-16H2. The SMILES string of the molecule is O=C(c1ccc(CS(=O)(=O)c2ccccc2)o1)N(Cc1cccs1)CC1CCCO1. The fourth-order valence-electron chi connectivity index (χ4n) is 3.47. The van der Waals surface area contributed by atoms with Crippen LogP contribution in [-0.4, -0.2) is 38.5 Å². The van der Waals surface area contributed by atoms with Crippen LogP contribution in [0.15, 0.2) is 69.3 Å². The summed E-state index contributed by atoms with van der Waals surface area (Å²) >= 11 is 1.59. The van der Waals surface area contributed by atoms with Crippen molar-refractivity contribution in [3.05, 3.63) is 76.4 Å². The van der Waals surface area contributed by atoms with Crippen molar-refractivity contribution < 1.29 is 22.4 Å². The zero-order chi connectivity index (χ0) is 21.0. The van der Waals surface area contributed by atoms with Crippen LogP contribution in [0.2, 0.25) is 0 Å². The van der Waals surface area contributed by atoms with Gasteiger partial charge in [0.05, 0.1) is 17.5 Å². The molecule has 3 aromatic rings. The highest BCUT2D eigenvalue weighted by atomic mass is 32.2. The Labute approximate surface area is 180 Å². The van der Waals surface area contributed by atoms with Gasteiger partial charge in [0.2, 0.25) is 0 Å². The molecular weight excluding hydrogens is 422 g/mol. The molecule has 30 heavy (non-hydrogen) atoms. The van der Waals surface area contributed by atoms with E-state index < -0.39 is 9.84 Å². The van der Waals surface area contributed by atoms with Gasteiger partial charge in [-0.1, -0.05) is 24.3 Å². The first kappa shape index (κ1) is 20.8. The third-order valence-electron chi connectivity index (χ3n) is 4.97. The lowest BCUT2D eigenvalue weighted by Crippen LogP contribution is -2.36. The summed E-state index contributed by atoms with van der Waals surface area (Å²) in [4.78, 5) is 16.2. The molecule has 1 aromatic carbocycles. The minimum Gasteiger partial charge on any atom is -0.455 e. The van der Waals surface area contributed by atoms with Crippen molar-refractivity contribution in [2.75, 3.05) is 13.2 Å². The van der Waals surface area contributed by atoms with Crippen LogP contribution in [0.3, 0.4) is 0 Å². The molecule has 0 bridgehead atoms. The first-order chi connectivity index (χ1) is 14.5. The fourth-order valence-corrected chi connectivity index (χ4v) is 5.46. The number of furan rings is 1. The molecule has 1 amide bonds. The monoisotopic (exact) mass is 445 g/mol. The number of ether oxygens (including phenoxy) is 1. The molecule has 0 radical (unpaired) electrons. The molecule has 1 unspecified atom stereocenters. The Morgan fingerprint density at radius 1 is 1.10 bits per heavy atom. The largest absolute Gasteiger partial charge is 0.455 e. The van der Waals surface area contributed by atoms with E-state index in [1.807, 2.05) is 17.5 Å². The van der Waals surface area contributed by atoms with Gasteiger partial charge in [-0.3, -0.25) is 4.79 Å². The van der Waals surface area contributed by atoms with E-state index in [-0.39, 0.29) is 34.2 Å². The lowest BCUT2D eigenvalue weighted by molar-refractivity contribution is 0.0485. The number of thiophene rings is 1. The van der Waals surface area contributed by atoms with Crippen LogP contribution in [0.5, 0.6) is 0 Å². The van der Waals surface area contributed by atoms with Crippen molar-refractivity contribution >= 4 is 27.1 Å². The summed E-state index contributed by atoms with van der Waals surface area (Å²) < 4.78 is 36.5. The zero-order valence-corrected chi connectivity index (χ0v) is 18.0. The van der Waals surface area contributed by atoms with Crippen molar-refractivity contribution in [3.8, 4) is 0 Å². The third-order valence-corrected chi connectivity index (χ3v) is 7.49. The molecule has 4 rings (SSSR count). The topological polar surface area (TPSA) is 76.8 Å². The Hall–Kier alpha value is -2.42. The molecule has 2 aromatic heterocycles. The number of carbonyl (C=O) groups is 1. The van der Waals surface area contributed by atoms with Crippen LogP contribution in [-0.2, 0) is 26.9 Å². The molecule has 1 aliphatic heterocycles. The average Bonchev–Trinajstić information content (AvgIpc) is 3.51. The number of carbonyl (C=O) groups excluding carboxylic acids is 1. The predicted molar refractivity (Wildman–Crippen MR) is 114 cm³/mol. The number of nitrogens with zero attached hydrogens (tertiary/aromatic N) is 1. The van der Waals surface area contributed by atoms with Crippen molar-refractivity contribution in [2.24, 2.45) is 0 Å². The fraction of sp³-hybridized carbons (Fsp3) is 0.318. The molecule has 1 saturated heterocycles. The number of rotatable bonds is 8. The lowest BCUT2D eigenvalue weighted by Gasteiger charge is -2.24. The first-order valence-electron chi connectivity index (χ1n) is 9.81. The van der Waals surface area contributed by atoms with E-state index in [1.165, 1.54) is 0 Å². The van der Waals surface area contributed by atoms with E-state index in [0.717, 1.165) is 17.7 Å². The second-order valence-electron chi connectivity index (χ2n) is 7.24. The van der Waals surface area contributed by atoms with Crippen LogP contribution in [0, 0.1) is 0 Å². The van der Waals surface area contributed by atoms with Crippen molar-refractivity contribution in [1.29, 1.82) is 0 Å². The zero-order valence-electron chi connectivity index (χ0n) is 16.4. The summed E-state index contributed by atoms with van der Waals surface area (Å²) in [6.07, 6.45) is 1.93. The van der Waals surface area contributed by atoms with E-state index in [2.05, 4.69) is 0 Å². The van der Waals surface area contributed by atoms with Crippen LogP contribution in [0.4, 0.5) is 0 Å². The summed E-state index contributed by atoms with van der Waals surface area (Å²) in [6, 6.07) is 15.3. The summed E-state index contributed by atoms with van der Waals surface area (Å²) in [5.74, 6) is -0.165. The Morgan fingerprint density at radius 3 is 2.63 bits per heavy atom. The van der Waals surface area contributed by atoms with Gasteiger partial charge in [0, 0.05) is 18.0 Å². The average molecular weight is 446 g/mol. The minimum absolute atomic E-state index is 0.0156. The number of hydrogen-bond acceptors (Lipinski definition) is 6. The van der Waals surface area contributed by atoms with Crippen LogP contribution < -0.4 is 0 Å². The highest BCUT2D eigenvalue weighted by molar-refractivity contribution is 7.90. The van der Waals surface area contributed by atoms with Crippen molar-refractivity contribution in [2.45, 2.75) is 36.1 Å². The van der Waals surface area contributed by atoms with Gasteiger partial charge in [-0.15, -0.1) is 11.3 Å². The summed E-state index contributed by atoms with van der Waals surface area (Å²) in [5, 5.41) is 1.98. The summed E-state index contributed by atoms with van der Waals surface area (Å²) in [7, 11) is -3.54. The van der Waals surface area contributed by atoms with Crippen molar-refractivity contribution in [1.82, 2.24) is 4.90 Å². The molecule has 1 aliphatic rings. The molecule has 6 nitrogen and oxygen atoms in total. The normalized spacial score (nSPS) is 16.6. The quantitative estimate of drug-likeness (QED) is 0.521. The van der Waals surface area contributed by atoms with Gasteiger partial charge in [0.15, 0.2) is 15.6 Å². The Bertz CT molecular complexity index is 1070. The van der Waals surface area contributed by atoms with E-state index in [1.54, 1.807) is 58.7 Å². The maximum atomic E-state index is 13.1. The Morgan fingerprint density at radius 2 is 1.93 bits per heavy atom. The Kier molecular flexibility index (Phi) is 6.36. The molecule has 1 atom stereocenters. The molecule has 0 saturated carbocycles. The van der Waals surface area contributed by atoms with E-state index >= 15 is 0 Å². The lowest BCUT2D eigenvalue weighted by atomic mass is 10.2. The van der Waals surface area contributed by atoms with Gasteiger partial charge in [-0.05, 0) is 48.6 Å². The number of hydrogen-bond donors (Lipinski definition) is 0. The van der Waals surface area contributed by atoms with Gasteiger partial charge in [0.1, 0.15) is 11.5 Å². The van der Waals surface area contributed by atoms with E-state index in [9.17, 15) is 13.2 Å². The summed E-state index contributed by atoms with van der Waals surface area (Å²) in [6.45, 7) is 1.66. The Balaban J connectivity index is 1.50. The van der Waals surface area contributed by atoms with Crippen LogP contribution in [0.25, 0.3) is 0 Å². The number of sulfone groups is 1. The van der Waals surface area contributed by atoms with Gasteiger partial charge in [0.25, 0.3) is 5.91 Å². The predicted octanol–water partition coefficient (Wildman–Crippen LogP) is 4.14. The maximum Gasteiger partial charge on any atom is 0.289 e. The van der Waals surface area contributed by atoms with Crippen LogP contribution in [0.1, 0.15) is 34.0 Å². The molecule has 0 N–H and O–H groups in total. The second-order valence-corrected chi connectivity index (χ2v) is 10.3.